The average molecular weight is 419 g/mol. The van der Waals surface area contributed by atoms with Crippen LogP contribution < -0.4 is 10.2 Å². The number of hydrogen-bond acceptors (Lipinski definition) is 3. The number of anilines is 1. The molecule has 1 fully saturated rings. The van der Waals surface area contributed by atoms with Crippen LogP contribution in [0.5, 0.6) is 0 Å². The number of carbonyl (C=O) groups excluding carboxylic acids is 1. The number of amides is 1. The van der Waals surface area contributed by atoms with Gasteiger partial charge in [0.2, 0.25) is 5.91 Å². The third-order valence-electron chi connectivity index (χ3n) is 5.69. The summed E-state index contributed by atoms with van der Waals surface area (Å²) in [6.45, 7) is 6.06. The third kappa shape index (κ3) is 5.74. The summed E-state index contributed by atoms with van der Waals surface area (Å²) >= 11 is 0. The molecule has 1 amide bonds. The van der Waals surface area contributed by atoms with Crippen molar-refractivity contribution in [3.8, 4) is 0 Å². The molecule has 1 aliphatic heterocycles. The van der Waals surface area contributed by atoms with E-state index in [4.69, 9.17) is 0 Å². The highest BCUT2D eigenvalue weighted by Gasteiger charge is 2.31. The number of pyridine rings is 1. The molecule has 0 radical (unpaired) electrons. The van der Waals surface area contributed by atoms with Crippen LogP contribution in [0.2, 0.25) is 0 Å². The Bertz CT molecular complexity index is 857. The number of benzene rings is 1. The first-order chi connectivity index (χ1) is 14.2. The van der Waals surface area contributed by atoms with Crippen molar-refractivity contribution in [2.45, 2.75) is 45.7 Å². The maximum absolute atomic E-state index is 12.7. The average Bonchev–Trinajstić information content (AvgIpc) is 2.72. The molecule has 0 atom stereocenters. The van der Waals surface area contributed by atoms with Gasteiger partial charge in [-0.2, -0.15) is 13.2 Å². The highest BCUT2D eigenvalue weighted by atomic mass is 19.4. The molecule has 1 N–H and O–H groups in total. The number of nitrogens with zero attached hydrogens (tertiary/aromatic N) is 2. The summed E-state index contributed by atoms with van der Waals surface area (Å²) in [5.74, 6) is 0.530. The molecule has 2 heterocycles. The Balaban J connectivity index is 1.40. The largest absolute Gasteiger partial charge is 0.417 e. The molecule has 0 bridgehead atoms. The molecule has 162 valence electrons. The van der Waals surface area contributed by atoms with Gasteiger partial charge in [-0.1, -0.05) is 23.8 Å². The fourth-order valence-corrected chi connectivity index (χ4v) is 3.87. The lowest BCUT2D eigenvalue weighted by Gasteiger charge is -2.32. The zero-order valence-electron chi connectivity index (χ0n) is 17.4. The van der Waals surface area contributed by atoms with Gasteiger partial charge in [0.15, 0.2) is 0 Å². The molecule has 0 spiro atoms. The Hall–Kier alpha value is -2.57. The van der Waals surface area contributed by atoms with Crippen molar-refractivity contribution in [2.75, 3.05) is 24.5 Å². The molecule has 1 saturated heterocycles. The molecule has 1 aliphatic rings. The van der Waals surface area contributed by atoms with E-state index in [0.29, 0.717) is 38.3 Å². The quantitative estimate of drug-likeness (QED) is 0.692. The number of nitrogens with one attached hydrogen (secondary N) is 1. The van der Waals surface area contributed by atoms with Gasteiger partial charge in [-0.3, -0.25) is 4.79 Å². The second-order valence-electron chi connectivity index (χ2n) is 7.99. The standard InChI is InChI=1S/C23H28F3N3O/c1-16-5-6-18(17(2)14-16)4-3-11-27-22(30)19-9-12-29(13-10-19)21-8-7-20(15-28-21)23(24,25)26/h5-8,14-15,19H,3-4,9-13H2,1-2H3,(H,27,30). The smallest absolute Gasteiger partial charge is 0.357 e. The lowest BCUT2D eigenvalue weighted by molar-refractivity contribution is -0.137. The maximum Gasteiger partial charge on any atom is 0.417 e. The number of rotatable bonds is 6. The summed E-state index contributed by atoms with van der Waals surface area (Å²) in [5, 5.41) is 3.03. The fourth-order valence-electron chi connectivity index (χ4n) is 3.87. The molecule has 3 rings (SSSR count). The van der Waals surface area contributed by atoms with Crippen molar-refractivity contribution in [1.82, 2.24) is 10.3 Å². The van der Waals surface area contributed by atoms with E-state index in [1.807, 2.05) is 4.90 Å². The second-order valence-corrected chi connectivity index (χ2v) is 7.99. The van der Waals surface area contributed by atoms with Gasteiger partial charge in [0.1, 0.15) is 5.82 Å². The number of piperidine rings is 1. The SMILES string of the molecule is Cc1ccc(CCCNC(=O)C2CCN(c3ccc(C(F)(F)F)cn3)CC2)c(C)c1. The molecule has 30 heavy (non-hydrogen) atoms. The van der Waals surface area contributed by atoms with Crippen LogP contribution in [0, 0.1) is 19.8 Å². The van der Waals surface area contributed by atoms with E-state index in [2.05, 4.69) is 42.3 Å². The first-order valence-corrected chi connectivity index (χ1v) is 10.4. The Morgan fingerprint density at radius 1 is 1.17 bits per heavy atom. The highest BCUT2D eigenvalue weighted by molar-refractivity contribution is 5.78. The van der Waals surface area contributed by atoms with E-state index < -0.39 is 11.7 Å². The minimum absolute atomic E-state index is 0.0585. The highest BCUT2D eigenvalue weighted by Crippen LogP contribution is 2.30. The summed E-state index contributed by atoms with van der Waals surface area (Å²) in [6.07, 6.45) is -0.343. The van der Waals surface area contributed by atoms with E-state index in [9.17, 15) is 18.0 Å². The van der Waals surface area contributed by atoms with Crippen molar-refractivity contribution in [3.63, 3.8) is 0 Å². The molecule has 7 heteroatoms. The van der Waals surface area contributed by atoms with Gasteiger partial charge < -0.3 is 10.2 Å². The van der Waals surface area contributed by atoms with Crippen molar-refractivity contribution < 1.29 is 18.0 Å². The minimum atomic E-state index is -4.38. The number of aryl methyl sites for hydroxylation is 3. The number of aromatic nitrogens is 1. The van der Waals surface area contributed by atoms with Crippen LogP contribution in [0.3, 0.4) is 0 Å². The Morgan fingerprint density at radius 3 is 2.50 bits per heavy atom. The predicted octanol–water partition coefficient (Wildman–Crippen LogP) is 4.68. The summed E-state index contributed by atoms with van der Waals surface area (Å²) in [7, 11) is 0. The van der Waals surface area contributed by atoms with Crippen LogP contribution in [-0.4, -0.2) is 30.5 Å². The van der Waals surface area contributed by atoms with Crippen LogP contribution in [0.15, 0.2) is 36.5 Å². The van der Waals surface area contributed by atoms with Crippen LogP contribution in [-0.2, 0) is 17.4 Å². The summed E-state index contributed by atoms with van der Waals surface area (Å²) < 4.78 is 38.0. The first kappa shape index (κ1) is 22.1. The normalized spacial score (nSPS) is 15.3. The topological polar surface area (TPSA) is 45.2 Å². The van der Waals surface area contributed by atoms with Gasteiger partial charge in [-0.15, -0.1) is 0 Å². The monoisotopic (exact) mass is 419 g/mol. The van der Waals surface area contributed by atoms with Crippen LogP contribution in [0.25, 0.3) is 0 Å². The van der Waals surface area contributed by atoms with E-state index in [1.165, 1.54) is 22.8 Å². The predicted molar refractivity (Wildman–Crippen MR) is 111 cm³/mol. The van der Waals surface area contributed by atoms with Crippen LogP contribution in [0.4, 0.5) is 19.0 Å². The molecule has 4 nitrogen and oxygen atoms in total. The molecule has 1 aromatic heterocycles. The van der Waals surface area contributed by atoms with Crippen LogP contribution >= 0.6 is 0 Å². The Morgan fingerprint density at radius 2 is 1.90 bits per heavy atom. The Kier molecular flexibility index (Phi) is 7.00. The van der Waals surface area contributed by atoms with Gasteiger partial charge >= 0.3 is 6.18 Å². The number of alkyl halides is 3. The molecule has 0 saturated carbocycles. The van der Waals surface area contributed by atoms with E-state index in [0.717, 1.165) is 25.1 Å². The third-order valence-corrected chi connectivity index (χ3v) is 5.69. The molecular formula is C23H28F3N3O. The van der Waals surface area contributed by atoms with E-state index in [1.54, 1.807) is 0 Å². The molecule has 0 unspecified atom stereocenters. The lowest BCUT2D eigenvalue weighted by atomic mass is 9.95. The summed E-state index contributed by atoms with van der Waals surface area (Å²) in [6, 6.07) is 8.89. The van der Waals surface area contributed by atoms with Crippen molar-refractivity contribution in [1.29, 1.82) is 0 Å². The zero-order chi connectivity index (χ0) is 21.7. The maximum atomic E-state index is 12.7. The number of carbonyl (C=O) groups is 1. The van der Waals surface area contributed by atoms with E-state index in [-0.39, 0.29) is 11.8 Å². The summed E-state index contributed by atoms with van der Waals surface area (Å²) in [4.78, 5) is 18.3. The van der Waals surface area contributed by atoms with E-state index >= 15 is 0 Å². The van der Waals surface area contributed by atoms with Crippen molar-refractivity contribution >= 4 is 11.7 Å². The molecule has 1 aromatic carbocycles. The van der Waals surface area contributed by atoms with Crippen molar-refractivity contribution in [3.05, 3.63) is 58.8 Å². The van der Waals surface area contributed by atoms with Gasteiger partial charge in [-0.05, 0) is 62.8 Å². The minimum Gasteiger partial charge on any atom is -0.357 e. The molecule has 2 aromatic rings. The van der Waals surface area contributed by atoms with Crippen LogP contribution in [0.1, 0.15) is 41.5 Å². The van der Waals surface area contributed by atoms with Gasteiger partial charge in [0, 0.05) is 31.7 Å². The Labute approximate surface area is 175 Å². The lowest BCUT2D eigenvalue weighted by Crippen LogP contribution is -2.41. The summed E-state index contributed by atoms with van der Waals surface area (Å²) in [5.41, 5.74) is 3.10. The zero-order valence-corrected chi connectivity index (χ0v) is 17.4. The fraction of sp³-hybridized carbons (Fsp3) is 0.478. The molecular weight excluding hydrogens is 391 g/mol. The second kappa shape index (κ2) is 9.49. The molecule has 0 aliphatic carbocycles. The van der Waals surface area contributed by atoms with Gasteiger partial charge in [-0.25, -0.2) is 4.98 Å². The first-order valence-electron chi connectivity index (χ1n) is 10.4. The van der Waals surface area contributed by atoms with Crippen molar-refractivity contribution in [2.24, 2.45) is 5.92 Å². The number of halogens is 3. The van der Waals surface area contributed by atoms with Gasteiger partial charge in [0.25, 0.3) is 0 Å². The number of hydrogen-bond donors (Lipinski definition) is 1. The van der Waals surface area contributed by atoms with Gasteiger partial charge in [0.05, 0.1) is 5.56 Å².